The molecule has 2 aromatic rings. The van der Waals surface area contributed by atoms with Gasteiger partial charge in [0.1, 0.15) is 5.75 Å². The van der Waals surface area contributed by atoms with E-state index in [1.165, 1.54) is 18.4 Å². The Labute approximate surface area is 191 Å². The van der Waals surface area contributed by atoms with E-state index >= 15 is 0 Å². The van der Waals surface area contributed by atoms with Crippen molar-refractivity contribution in [3.8, 4) is 5.75 Å². The van der Waals surface area contributed by atoms with E-state index in [4.69, 9.17) is 4.74 Å². The monoisotopic (exact) mass is 437 g/mol. The molecule has 1 amide bonds. The molecule has 1 heterocycles. The molecule has 0 aliphatic carbocycles. The van der Waals surface area contributed by atoms with Crippen LogP contribution < -0.4 is 20.7 Å². The number of carbonyl (C=O) groups excluding carboxylic acids is 1. The summed E-state index contributed by atoms with van der Waals surface area (Å²) in [4.78, 5) is 19.0. The highest BCUT2D eigenvalue weighted by molar-refractivity contribution is 5.94. The van der Waals surface area contributed by atoms with Crippen LogP contribution >= 0.6 is 0 Å². The first kappa shape index (κ1) is 23.6. The molecule has 3 N–H and O–H groups in total. The highest BCUT2D eigenvalue weighted by Crippen LogP contribution is 2.31. The van der Waals surface area contributed by atoms with Crippen molar-refractivity contribution >= 4 is 11.9 Å². The Morgan fingerprint density at radius 3 is 2.41 bits per heavy atom. The zero-order chi connectivity index (χ0) is 22.6. The van der Waals surface area contributed by atoms with Gasteiger partial charge in [-0.1, -0.05) is 36.4 Å². The minimum absolute atomic E-state index is 0.0432. The number of carbonyl (C=O) groups is 1. The molecule has 172 valence electrons. The van der Waals surface area contributed by atoms with E-state index in [0.717, 1.165) is 44.3 Å². The van der Waals surface area contributed by atoms with Gasteiger partial charge in [-0.2, -0.15) is 0 Å². The molecule has 3 rings (SSSR count). The summed E-state index contributed by atoms with van der Waals surface area (Å²) >= 11 is 0. The summed E-state index contributed by atoms with van der Waals surface area (Å²) in [5.74, 6) is 1.64. The van der Waals surface area contributed by atoms with Crippen molar-refractivity contribution in [3.05, 3.63) is 65.7 Å². The molecule has 0 aromatic heterocycles. The molecule has 7 heteroatoms. The van der Waals surface area contributed by atoms with Crippen molar-refractivity contribution in [1.29, 1.82) is 0 Å². The van der Waals surface area contributed by atoms with Crippen LogP contribution in [0.15, 0.2) is 59.6 Å². The van der Waals surface area contributed by atoms with Crippen molar-refractivity contribution in [1.82, 2.24) is 20.9 Å². The lowest BCUT2D eigenvalue weighted by Gasteiger charge is -2.30. The van der Waals surface area contributed by atoms with Crippen LogP contribution in [0.4, 0.5) is 0 Å². The standard InChI is InChI=1S/C25H35N5O2/c1-26-25(28-16-10-15-27-24(31)20-11-4-3-5-12-20)29-19-22(30-17-8-9-18-30)21-13-6-7-14-23(21)32-2/h3-7,11-14,22H,8-10,15-19H2,1-2H3,(H,27,31)(H2,26,28,29). The third kappa shape index (κ3) is 6.72. The van der Waals surface area contributed by atoms with Crippen LogP contribution in [-0.2, 0) is 0 Å². The Bertz CT molecular complexity index is 866. The van der Waals surface area contributed by atoms with Gasteiger partial charge in [0.2, 0.25) is 0 Å². The highest BCUT2D eigenvalue weighted by atomic mass is 16.5. The molecular formula is C25H35N5O2. The van der Waals surface area contributed by atoms with Crippen molar-refractivity contribution in [3.63, 3.8) is 0 Å². The molecule has 1 aliphatic heterocycles. The second-order valence-corrected chi connectivity index (χ2v) is 7.86. The summed E-state index contributed by atoms with van der Waals surface area (Å²) in [5.41, 5.74) is 1.88. The summed E-state index contributed by atoms with van der Waals surface area (Å²) < 4.78 is 5.63. The maximum Gasteiger partial charge on any atom is 0.251 e. The van der Waals surface area contributed by atoms with Gasteiger partial charge in [-0.25, -0.2) is 0 Å². The van der Waals surface area contributed by atoms with Gasteiger partial charge < -0.3 is 20.7 Å². The minimum atomic E-state index is -0.0432. The largest absolute Gasteiger partial charge is 0.496 e. The summed E-state index contributed by atoms with van der Waals surface area (Å²) in [6.45, 7) is 4.26. The fraction of sp³-hybridized carbons (Fsp3) is 0.440. The fourth-order valence-corrected chi connectivity index (χ4v) is 4.03. The average Bonchev–Trinajstić information content (AvgIpc) is 3.38. The molecule has 1 aliphatic rings. The predicted octanol–water partition coefficient (Wildman–Crippen LogP) is 2.82. The maximum atomic E-state index is 12.1. The number of para-hydroxylation sites is 1. The van der Waals surface area contributed by atoms with Crippen LogP contribution in [0.5, 0.6) is 5.75 Å². The Balaban J connectivity index is 1.46. The highest BCUT2D eigenvalue weighted by Gasteiger charge is 2.26. The number of ether oxygens (including phenoxy) is 1. The zero-order valence-corrected chi connectivity index (χ0v) is 19.1. The molecule has 0 saturated carbocycles. The molecule has 7 nitrogen and oxygen atoms in total. The average molecular weight is 438 g/mol. The van der Waals surface area contributed by atoms with Gasteiger partial charge in [0.05, 0.1) is 13.2 Å². The molecule has 1 atom stereocenters. The SMILES string of the molecule is CN=C(NCCCNC(=O)c1ccccc1)NCC(c1ccccc1OC)N1CCCC1. The topological polar surface area (TPSA) is 78.0 Å². The number of aliphatic imine (C=N–C) groups is 1. The molecule has 0 spiro atoms. The third-order valence-corrected chi connectivity index (χ3v) is 5.73. The van der Waals surface area contributed by atoms with Crippen LogP contribution in [0, 0.1) is 0 Å². The van der Waals surface area contributed by atoms with Gasteiger partial charge in [-0.15, -0.1) is 0 Å². The molecule has 32 heavy (non-hydrogen) atoms. The van der Waals surface area contributed by atoms with Gasteiger partial charge in [-0.05, 0) is 50.6 Å². The van der Waals surface area contributed by atoms with Crippen LogP contribution in [-0.4, -0.2) is 63.6 Å². The summed E-state index contributed by atoms with van der Waals surface area (Å²) in [6.07, 6.45) is 3.27. The maximum absolute atomic E-state index is 12.1. The van der Waals surface area contributed by atoms with E-state index in [0.29, 0.717) is 12.1 Å². The number of hydrogen-bond acceptors (Lipinski definition) is 4. The fourth-order valence-electron chi connectivity index (χ4n) is 4.03. The molecule has 2 aromatic carbocycles. The Morgan fingerprint density at radius 1 is 1.00 bits per heavy atom. The van der Waals surface area contributed by atoms with E-state index in [-0.39, 0.29) is 11.9 Å². The number of guanidine groups is 1. The van der Waals surface area contributed by atoms with Crippen LogP contribution in [0.25, 0.3) is 0 Å². The summed E-state index contributed by atoms with van der Waals surface area (Å²) in [5, 5.41) is 9.78. The number of methoxy groups -OCH3 is 1. The lowest BCUT2D eigenvalue weighted by Crippen LogP contribution is -2.43. The number of benzene rings is 2. The van der Waals surface area contributed by atoms with Gasteiger partial charge in [0, 0.05) is 37.8 Å². The van der Waals surface area contributed by atoms with Gasteiger partial charge in [0.25, 0.3) is 5.91 Å². The van der Waals surface area contributed by atoms with Crippen molar-refractivity contribution in [2.75, 3.05) is 46.9 Å². The van der Waals surface area contributed by atoms with Crippen LogP contribution in [0.2, 0.25) is 0 Å². The quantitative estimate of drug-likeness (QED) is 0.303. The van der Waals surface area contributed by atoms with E-state index in [9.17, 15) is 4.79 Å². The van der Waals surface area contributed by atoms with Crippen molar-refractivity contribution in [2.24, 2.45) is 4.99 Å². The Hall–Kier alpha value is -3.06. The number of likely N-dealkylation sites (tertiary alicyclic amines) is 1. The predicted molar refractivity (Wildman–Crippen MR) is 129 cm³/mol. The van der Waals surface area contributed by atoms with E-state index < -0.39 is 0 Å². The second kappa shape index (κ2) is 12.7. The molecule has 0 bridgehead atoms. The number of hydrogen-bond donors (Lipinski definition) is 3. The van der Waals surface area contributed by atoms with E-state index in [1.54, 1.807) is 14.2 Å². The lowest BCUT2D eigenvalue weighted by molar-refractivity contribution is 0.0953. The number of amides is 1. The lowest BCUT2D eigenvalue weighted by atomic mass is 10.0. The number of nitrogens with one attached hydrogen (secondary N) is 3. The van der Waals surface area contributed by atoms with E-state index in [1.807, 2.05) is 42.5 Å². The van der Waals surface area contributed by atoms with Crippen molar-refractivity contribution < 1.29 is 9.53 Å². The summed E-state index contributed by atoms with van der Waals surface area (Å²) in [7, 11) is 3.50. The molecule has 1 saturated heterocycles. The minimum Gasteiger partial charge on any atom is -0.496 e. The van der Waals surface area contributed by atoms with Gasteiger partial charge in [-0.3, -0.25) is 14.7 Å². The first-order valence-corrected chi connectivity index (χ1v) is 11.4. The van der Waals surface area contributed by atoms with Gasteiger partial charge in [0.15, 0.2) is 5.96 Å². The number of rotatable bonds is 10. The van der Waals surface area contributed by atoms with E-state index in [2.05, 4.69) is 38.0 Å². The first-order valence-electron chi connectivity index (χ1n) is 11.4. The zero-order valence-electron chi connectivity index (χ0n) is 19.1. The van der Waals surface area contributed by atoms with Crippen LogP contribution in [0.1, 0.15) is 41.2 Å². The first-order chi connectivity index (χ1) is 15.7. The third-order valence-electron chi connectivity index (χ3n) is 5.73. The Morgan fingerprint density at radius 2 is 1.69 bits per heavy atom. The Kier molecular flexibility index (Phi) is 9.37. The molecular weight excluding hydrogens is 402 g/mol. The molecule has 1 fully saturated rings. The number of nitrogens with zero attached hydrogens (tertiary/aromatic N) is 2. The van der Waals surface area contributed by atoms with Gasteiger partial charge >= 0.3 is 0 Å². The second-order valence-electron chi connectivity index (χ2n) is 7.86. The molecule has 0 radical (unpaired) electrons. The normalized spacial score (nSPS) is 15.2. The van der Waals surface area contributed by atoms with Crippen LogP contribution in [0.3, 0.4) is 0 Å². The smallest absolute Gasteiger partial charge is 0.251 e. The molecule has 1 unspecified atom stereocenters. The van der Waals surface area contributed by atoms with Crippen molar-refractivity contribution in [2.45, 2.75) is 25.3 Å². The summed E-state index contributed by atoms with van der Waals surface area (Å²) in [6, 6.07) is 17.7.